The first-order valence-electron chi connectivity index (χ1n) is 34.2. The Hall–Kier alpha value is -2.46. The predicted molar refractivity (Wildman–Crippen MR) is 344 cm³/mol. The SMILES string of the molecule is CCCCCC/C=C\C=C/CCCCCCCC(=O)O[C@H](COC(=O)CCCCCCCCC(C)CC)COP(=O)(O)OC[C@H](O)COP(=O)(O)OC[C@@H](COC(=O)CCCCCCCCCC(C)C)OC(=O)CCCCCCCCCCC(C)C. The molecule has 0 radical (unpaired) electrons. The van der Waals surface area contributed by atoms with Gasteiger partial charge in [0.1, 0.15) is 19.3 Å². The largest absolute Gasteiger partial charge is 0.472 e. The third kappa shape index (κ3) is 59.2. The van der Waals surface area contributed by atoms with Crippen molar-refractivity contribution in [1.29, 1.82) is 0 Å². The van der Waals surface area contributed by atoms with E-state index in [1.54, 1.807) is 0 Å². The van der Waals surface area contributed by atoms with Crippen LogP contribution in [0.3, 0.4) is 0 Å². The number of hydrogen-bond acceptors (Lipinski definition) is 15. The monoisotopic (exact) mass is 1260 g/mol. The molecule has 0 fully saturated rings. The number of rotatable bonds is 63. The summed E-state index contributed by atoms with van der Waals surface area (Å²) in [4.78, 5) is 72.3. The van der Waals surface area contributed by atoms with Gasteiger partial charge in [0, 0.05) is 25.7 Å². The smallest absolute Gasteiger partial charge is 0.462 e. The summed E-state index contributed by atoms with van der Waals surface area (Å²) in [6.07, 6.45) is 42.7. The van der Waals surface area contributed by atoms with Crippen LogP contribution in [-0.4, -0.2) is 96.7 Å². The van der Waals surface area contributed by atoms with Crippen LogP contribution in [0.5, 0.6) is 0 Å². The number of hydrogen-bond donors (Lipinski definition) is 3. The number of esters is 4. The van der Waals surface area contributed by atoms with Crippen LogP contribution in [0.4, 0.5) is 0 Å². The minimum absolute atomic E-state index is 0.0834. The zero-order valence-electron chi connectivity index (χ0n) is 55.3. The highest BCUT2D eigenvalue weighted by Crippen LogP contribution is 2.45. The quantitative estimate of drug-likeness (QED) is 0.0169. The molecule has 19 heteroatoms. The molecule has 0 heterocycles. The predicted octanol–water partition coefficient (Wildman–Crippen LogP) is 18.2. The second-order valence-electron chi connectivity index (χ2n) is 24.7. The Bertz CT molecular complexity index is 1790. The van der Waals surface area contributed by atoms with Crippen LogP contribution in [0.25, 0.3) is 0 Å². The molecule has 0 saturated heterocycles. The van der Waals surface area contributed by atoms with Crippen molar-refractivity contribution in [3.63, 3.8) is 0 Å². The summed E-state index contributed by atoms with van der Waals surface area (Å²) in [5, 5.41) is 10.6. The lowest BCUT2D eigenvalue weighted by Crippen LogP contribution is -2.30. The molecular formula is C67H126O17P2. The third-order valence-corrected chi connectivity index (χ3v) is 17.0. The zero-order chi connectivity index (χ0) is 63.8. The highest BCUT2D eigenvalue weighted by Gasteiger charge is 2.30. The highest BCUT2D eigenvalue weighted by molar-refractivity contribution is 7.47. The lowest BCUT2D eigenvalue weighted by molar-refractivity contribution is -0.161. The molecule has 0 amide bonds. The van der Waals surface area contributed by atoms with Gasteiger partial charge in [-0.25, -0.2) is 9.13 Å². The van der Waals surface area contributed by atoms with Crippen molar-refractivity contribution in [3.05, 3.63) is 24.3 Å². The second-order valence-corrected chi connectivity index (χ2v) is 27.6. The number of ether oxygens (including phenoxy) is 4. The van der Waals surface area contributed by atoms with E-state index >= 15 is 0 Å². The molecule has 0 saturated carbocycles. The fraction of sp³-hybridized carbons (Fsp3) is 0.881. The molecule has 6 atom stereocenters. The van der Waals surface area contributed by atoms with Gasteiger partial charge in [0.15, 0.2) is 12.2 Å². The van der Waals surface area contributed by atoms with Gasteiger partial charge in [-0.15, -0.1) is 0 Å². The van der Waals surface area contributed by atoms with Crippen molar-refractivity contribution in [2.24, 2.45) is 17.8 Å². The minimum Gasteiger partial charge on any atom is -0.462 e. The Balaban J connectivity index is 5.29. The van der Waals surface area contributed by atoms with Gasteiger partial charge in [0.25, 0.3) is 0 Å². The molecule has 0 aromatic heterocycles. The number of carbonyl (C=O) groups excluding carboxylic acids is 4. The molecule has 0 aliphatic heterocycles. The van der Waals surface area contributed by atoms with E-state index in [1.165, 1.54) is 89.9 Å². The van der Waals surface area contributed by atoms with Crippen LogP contribution >= 0.6 is 15.6 Å². The first kappa shape index (κ1) is 83.5. The van der Waals surface area contributed by atoms with E-state index in [9.17, 15) is 43.2 Å². The number of phosphoric ester groups is 2. The molecule has 86 heavy (non-hydrogen) atoms. The van der Waals surface area contributed by atoms with Gasteiger partial charge in [-0.3, -0.25) is 37.3 Å². The summed E-state index contributed by atoms with van der Waals surface area (Å²) in [7, 11) is -9.91. The Morgan fingerprint density at radius 2 is 0.686 bits per heavy atom. The van der Waals surface area contributed by atoms with Crippen LogP contribution in [0, 0.1) is 17.8 Å². The van der Waals surface area contributed by atoms with Gasteiger partial charge in [-0.05, 0) is 69.1 Å². The molecule has 0 bridgehead atoms. The Kier molecular flexibility index (Phi) is 56.0. The summed E-state index contributed by atoms with van der Waals surface area (Å²) in [5.41, 5.74) is 0. The number of aliphatic hydroxyl groups is 1. The minimum atomic E-state index is -4.96. The second kappa shape index (κ2) is 57.7. The van der Waals surface area contributed by atoms with Gasteiger partial charge in [-0.1, -0.05) is 253 Å². The van der Waals surface area contributed by atoms with E-state index in [-0.39, 0.29) is 25.7 Å². The van der Waals surface area contributed by atoms with Gasteiger partial charge in [0.2, 0.25) is 0 Å². The van der Waals surface area contributed by atoms with E-state index in [2.05, 4.69) is 72.8 Å². The standard InChI is InChI=1S/C67H126O17P2/c1-8-10-11-12-13-14-15-16-17-18-19-20-26-36-43-50-66(71)83-63(55-78-65(70)49-42-35-30-29-33-40-47-60(7)9-2)57-82-86(75,76)80-53-61(68)52-79-85(73,74)81-56-62(54-77-64(69)48-41-34-28-23-25-32-39-46-59(5)6)84-67(72)51-44-37-27-22-21-24-31-38-45-58(3)4/h14-17,58-63,68H,8-13,18-57H2,1-7H3,(H,73,74)(H,75,76)/b15-14-,17-16-/t60?,61-,62-,63-/m1/s1. The van der Waals surface area contributed by atoms with Crippen molar-refractivity contribution >= 4 is 39.5 Å². The van der Waals surface area contributed by atoms with Crippen LogP contribution in [0.15, 0.2) is 24.3 Å². The average molecular weight is 1270 g/mol. The van der Waals surface area contributed by atoms with Crippen molar-refractivity contribution in [2.45, 2.75) is 324 Å². The number of carbonyl (C=O) groups is 4. The average Bonchev–Trinajstić information content (AvgIpc) is 3.68. The molecule has 3 N–H and O–H groups in total. The van der Waals surface area contributed by atoms with Crippen molar-refractivity contribution in [1.82, 2.24) is 0 Å². The van der Waals surface area contributed by atoms with E-state index < -0.39 is 97.5 Å². The molecule has 0 aromatic rings. The fourth-order valence-corrected chi connectivity index (χ4v) is 11.0. The molecule has 0 aliphatic carbocycles. The molecule has 0 rings (SSSR count). The zero-order valence-corrected chi connectivity index (χ0v) is 57.0. The number of allylic oxidation sites excluding steroid dienone is 4. The van der Waals surface area contributed by atoms with Crippen molar-refractivity contribution in [2.75, 3.05) is 39.6 Å². The van der Waals surface area contributed by atoms with E-state index in [1.807, 2.05) is 0 Å². The summed E-state index contributed by atoms with van der Waals surface area (Å²) in [6, 6.07) is 0. The van der Waals surface area contributed by atoms with Crippen molar-refractivity contribution < 1.29 is 80.2 Å². The fourth-order valence-electron chi connectivity index (χ4n) is 9.44. The third-order valence-electron chi connectivity index (χ3n) is 15.1. The van der Waals surface area contributed by atoms with Gasteiger partial charge < -0.3 is 33.8 Å². The van der Waals surface area contributed by atoms with Crippen molar-refractivity contribution in [3.8, 4) is 0 Å². The Morgan fingerprint density at radius 3 is 1.03 bits per heavy atom. The molecule has 0 aromatic carbocycles. The Labute approximate surface area is 522 Å². The molecular weight excluding hydrogens is 1140 g/mol. The first-order chi connectivity index (χ1) is 41.3. The lowest BCUT2D eigenvalue weighted by Gasteiger charge is -2.21. The summed E-state index contributed by atoms with van der Waals surface area (Å²) >= 11 is 0. The van der Waals surface area contributed by atoms with Gasteiger partial charge >= 0.3 is 39.5 Å². The molecule has 17 nitrogen and oxygen atoms in total. The maximum atomic E-state index is 13.0. The van der Waals surface area contributed by atoms with Crippen LogP contribution in [0.1, 0.15) is 305 Å². The van der Waals surface area contributed by atoms with E-state index in [0.29, 0.717) is 37.5 Å². The van der Waals surface area contributed by atoms with Crippen LogP contribution < -0.4 is 0 Å². The number of unbranched alkanes of at least 4 members (excludes halogenated alkanes) is 27. The van der Waals surface area contributed by atoms with E-state index in [0.717, 1.165) is 121 Å². The van der Waals surface area contributed by atoms with Crippen LogP contribution in [-0.2, 0) is 65.4 Å². The molecule has 0 spiro atoms. The summed E-state index contributed by atoms with van der Waals surface area (Å²) < 4.78 is 68.0. The maximum absolute atomic E-state index is 13.0. The maximum Gasteiger partial charge on any atom is 0.472 e. The molecule has 0 aliphatic rings. The summed E-state index contributed by atoms with van der Waals surface area (Å²) in [6.45, 7) is 11.6. The number of phosphoric acid groups is 2. The lowest BCUT2D eigenvalue weighted by atomic mass is 10.00. The van der Waals surface area contributed by atoms with Gasteiger partial charge in [-0.2, -0.15) is 0 Å². The Morgan fingerprint density at radius 1 is 0.384 bits per heavy atom. The van der Waals surface area contributed by atoms with E-state index in [4.69, 9.17) is 37.0 Å². The molecule has 3 unspecified atom stereocenters. The van der Waals surface area contributed by atoms with Gasteiger partial charge in [0.05, 0.1) is 26.4 Å². The molecule has 506 valence electrons. The normalized spacial score (nSPS) is 14.8. The summed E-state index contributed by atoms with van der Waals surface area (Å²) in [5.74, 6) is -0.0182. The highest BCUT2D eigenvalue weighted by atomic mass is 31.2. The van der Waals surface area contributed by atoms with Crippen LogP contribution in [0.2, 0.25) is 0 Å². The first-order valence-corrected chi connectivity index (χ1v) is 37.2. The topological polar surface area (TPSA) is 237 Å². The number of aliphatic hydroxyl groups excluding tert-OH is 1.